The lowest BCUT2D eigenvalue weighted by Crippen LogP contribution is -2.53. The van der Waals surface area contributed by atoms with Gasteiger partial charge < -0.3 is 14.4 Å². The number of carbonyl (C=O) groups excluding carboxylic acids is 3. The first-order valence-corrected chi connectivity index (χ1v) is 11.5. The van der Waals surface area contributed by atoms with Crippen LogP contribution in [0.4, 0.5) is 0 Å². The summed E-state index contributed by atoms with van der Waals surface area (Å²) in [7, 11) is 3.17. The molecule has 0 fully saturated rings. The van der Waals surface area contributed by atoms with E-state index in [4.69, 9.17) is 9.47 Å². The SMILES string of the molecule is COc1cc2c(cc1OC)CN(C(=O)[C@H](Cc1ccccc1)N1C(=O)c3ccccc3C1=O)CC2. The van der Waals surface area contributed by atoms with Gasteiger partial charge in [-0.1, -0.05) is 42.5 Å². The second-order valence-electron chi connectivity index (χ2n) is 8.72. The van der Waals surface area contributed by atoms with Crippen LogP contribution in [-0.4, -0.2) is 54.3 Å². The third kappa shape index (κ3) is 4.03. The molecule has 3 amide bonds. The molecule has 0 saturated heterocycles. The van der Waals surface area contributed by atoms with Gasteiger partial charge in [0.2, 0.25) is 5.91 Å². The second-order valence-corrected chi connectivity index (χ2v) is 8.72. The summed E-state index contributed by atoms with van der Waals surface area (Å²) in [4.78, 5) is 43.4. The smallest absolute Gasteiger partial charge is 0.262 e. The van der Waals surface area contributed by atoms with Gasteiger partial charge in [0.05, 0.1) is 25.3 Å². The number of carbonyl (C=O) groups is 3. The first-order valence-electron chi connectivity index (χ1n) is 11.5. The van der Waals surface area contributed by atoms with Crippen molar-refractivity contribution in [3.05, 3.63) is 94.5 Å². The molecule has 0 saturated carbocycles. The normalized spacial score (nSPS) is 15.5. The van der Waals surface area contributed by atoms with Crippen LogP contribution in [-0.2, 0) is 24.2 Å². The monoisotopic (exact) mass is 470 g/mol. The van der Waals surface area contributed by atoms with Gasteiger partial charge in [0.25, 0.3) is 11.8 Å². The minimum atomic E-state index is -0.938. The molecule has 0 radical (unpaired) electrons. The van der Waals surface area contributed by atoms with Crippen molar-refractivity contribution >= 4 is 17.7 Å². The Hall–Kier alpha value is -4.13. The Morgan fingerprint density at radius 2 is 1.43 bits per heavy atom. The number of methoxy groups -OCH3 is 2. The van der Waals surface area contributed by atoms with Crippen molar-refractivity contribution in [3.8, 4) is 11.5 Å². The largest absolute Gasteiger partial charge is 0.493 e. The number of imide groups is 1. The molecule has 2 aliphatic heterocycles. The molecule has 3 aromatic carbocycles. The van der Waals surface area contributed by atoms with Crippen LogP contribution in [0.15, 0.2) is 66.7 Å². The fraction of sp³-hybridized carbons (Fsp3) is 0.250. The Balaban J connectivity index is 1.48. The number of nitrogens with zero attached hydrogens (tertiary/aromatic N) is 2. The van der Waals surface area contributed by atoms with E-state index in [2.05, 4.69) is 0 Å². The molecule has 5 rings (SSSR count). The second kappa shape index (κ2) is 9.25. The Morgan fingerprint density at radius 1 is 0.857 bits per heavy atom. The zero-order chi connectivity index (χ0) is 24.5. The quantitative estimate of drug-likeness (QED) is 0.516. The summed E-state index contributed by atoms with van der Waals surface area (Å²) in [6, 6.07) is 19.1. The van der Waals surface area contributed by atoms with E-state index in [-0.39, 0.29) is 12.3 Å². The molecular formula is C28H26N2O5. The van der Waals surface area contributed by atoms with Crippen molar-refractivity contribution in [1.82, 2.24) is 9.80 Å². The molecule has 2 heterocycles. The van der Waals surface area contributed by atoms with Crippen molar-refractivity contribution < 1.29 is 23.9 Å². The minimum absolute atomic E-state index is 0.246. The lowest BCUT2D eigenvalue weighted by Gasteiger charge is -2.35. The predicted molar refractivity (Wildman–Crippen MR) is 130 cm³/mol. The van der Waals surface area contributed by atoms with Gasteiger partial charge in [-0.2, -0.15) is 0 Å². The van der Waals surface area contributed by atoms with E-state index in [1.54, 1.807) is 43.4 Å². The van der Waals surface area contributed by atoms with Crippen LogP contribution in [0.25, 0.3) is 0 Å². The Kier molecular flexibility index (Phi) is 5.99. The summed E-state index contributed by atoms with van der Waals surface area (Å²) in [6.07, 6.45) is 0.891. The first-order chi connectivity index (χ1) is 17.0. The number of rotatable bonds is 6. The fourth-order valence-corrected chi connectivity index (χ4v) is 4.90. The van der Waals surface area contributed by atoms with Gasteiger partial charge in [-0.05, 0) is 47.4 Å². The maximum atomic E-state index is 13.9. The summed E-state index contributed by atoms with van der Waals surface area (Å²) in [6.45, 7) is 0.846. The molecule has 0 bridgehead atoms. The van der Waals surface area contributed by atoms with Gasteiger partial charge in [-0.25, -0.2) is 0 Å². The Morgan fingerprint density at radius 3 is 2.03 bits per heavy atom. The van der Waals surface area contributed by atoms with Crippen LogP contribution < -0.4 is 9.47 Å². The Bertz CT molecular complexity index is 1270. The first kappa shape index (κ1) is 22.7. The highest BCUT2D eigenvalue weighted by atomic mass is 16.5. The average Bonchev–Trinajstić information content (AvgIpc) is 3.16. The van der Waals surface area contributed by atoms with Gasteiger partial charge in [0, 0.05) is 19.5 Å². The van der Waals surface area contributed by atoms with E-state index >= 15 is 0 Å². The van der Waals surface area contributed by atoms with E-state index < -0.39 is 17.9 Å². The van der Waals surface area contributed by atoms with Crippen LogP contribution >= 0.6 is 0 Å². The van der Waals surface area contributed by atoms with Crippen molar-refractivity contribution in [3.63, 3.8) is 0 Å². The van der Waals surface area contributed by atoms with Gasteiger partial charge >= 0.3 is 0 Å². The van der Waals surface area contributed by atoms with Crippen LogP contribution in [0, 0.1) is 0 Å². The van der Waals surface area contributed by atoms with Crippen LogP contribution in [0.5, 0.6) is 11.5 Å². The molecule has 2 aliphatic rings. The third-order valence-corrected chi connectivity index (χ3v) is 6.72. The molecule has 0 N–H and O–H groups in total. The number of benzene rings is 3. The topological polar surface area (TPSA) is 76.2 Å². The summed E-state index contributed by atoms with van der Waals surface area (Å²) >= 11 is 0. The van der Waals surface area contributed by atoms with Crippen LogP contribution in [0.2, 0.25) is 0 Å². The molecule has 7 heteroatoms. The molecule has 0 aliphatic carbocycles. The van der Waals surface area contributed by atoms with Crippen molar-refractivity contribution in [2.75, 3.05) is 20.8 Å². The lowest BCUT2D eigenvalue weighted by atomic mass is 9.97. The molecule has 3 aromatic rings. The summed E-state index contributed by atoms with van der Waals surface area (Å²) in [5.41, 5.74) is 3.61. The van der Waals surface area contributed by atoms with Crippen LogP contribution in [0.3, 0.4) is 0 Å². The average molecular weight is 471 g/mol. The lowest BCUT2D eigenvalue weighted by molar-refractivity contribution is -0.136. The van der Waals surface area contributed by atoms with Crippen molar-refractivity contribution in [2.24, 2.45) is 0 Å². The maximum absolute atomic E-state index is 13.9. The number of fused-ring (bicyclic) bond motifs is 2. The molecule has 0 spiro atoms. The molecule has 35 heavy (non-hydrogen) atoms. The molecule has 7 nitrogen and oxygen atoms in total. The van der Waals surface area contributed by atoms with E-state index in [0.29, 0.717) is 42.1 Å². The van der Waals surface area contributed by atoms with Crippen molar-refractivity contribution in [1.29, 1.82) is 0 Å². The van der Waals surface area contributed by atoms with E-state index in [1.807, 2.05) is 42.5 Å². The van der Waals surface area contributed by atoms with E-state index in [1.165, 1.54) is 0 Å². The Labute approximate surface area is 203 Å². The molecule has 1 atom stereocenters. The number of hydrogen-bond donors (Lipinski definition) is 0. The third-order valence-electron chi connectivity index (χ3n) is 6.72. The molecule has 178 valence electrons. The van der Waals surface area contributed by atoms with E-state index in [0.717, 1.165) is 21.6 Å². The maximum Gasteiger partial charge on any atom is 0.262 e. The summed E-state index contributed by atoms with van der Waals surface area (Å²) in [5, 5.41) is 0. The zero-order valence-electron chi connectivity index (χ0n) is 19.7. The molecular weight excluding hydrogens is 444 g/mol. The standard InChI is InChI=1S/C28H26N2O5/c1-34-24-15-19-12-13-29(17-20(19)16-25(24)35-2)28(33)23(14-18-8-4-3-5-9-18)30-26(31)21-10-6-7-11-22(21)27(30)32/h3-11,15-16,23H,12-14,17H2,1-2H3/t23-/m0/s1. The molecule has 0 unspecified atom stereocenters. The van der Waals surface area contributed by atoms with E-state index in [9.17, 15) is 14.4 Å². The fourth-order valence-electron chi connectivity index (χ4n) is 4.90. The van der Waals surface area contributed by atoms with Crippen molar-refractivity contribution in [2.45, 2.75) is 25.4 Å². The van der Waals surface area contributed by atoms with Gasteiger partial charge in [-0.3, -0.25) is 19.3 Å². The summed E-state index contributed by atoms with van der Waals surface area (Å²) < 4.78 is 10.9. The summed E-state index contributed by atoms with van der Waals surface area (Å²) in [5.74, 6) is 0.150. The van der Waals surface area contributed by atoms with Gasteiger partial charge in [-0.15, -0.1) is 0 Å². The number of ether oxygens (including phenoxy) is 2. The van der Waals surface area contributed by atoms with Gasteiger partial charge in [0.15, 0.2) is 11.5 Å². The number of hydrogen-bond acceptors (Lipinski definition) is 5. The highest BCUT2D eigenvalue weighted by molar-refractivity contribution is 6.22. The zero-order valence-corrected chi connectivity index (χ0v) is 19.7. The van der Waals surface area contributed by atoms with Crippen LogP contribution in [0.1, 0.15) is 37.4 Å². The number of amides is 3. The molecule has 0 aromatic heterocycles. The van der Waals surface area contributed by atoms with Gasteiger partial charge in [0.1, 0.15) is 6.04 Å². The highest BCUT2D eigenvalue weighted by Crippen LogP contribution is 2.34. The minimum Gasteiger partial charge on any atom is -0.493 e. The highest BCUT2D eigenvalue weighted by Gasteiger charge is 2.44. The predicted octanol–water partition coefficient (Wildman–Crippen LogP) is 3.50.